The Bertz CT molecular complexity index is 581. The van der Waals surface area contributed by atoms with E-state index in [1.165, 1.54) is 0 Å². The highest BCUT2D eigenvalue weighted by Crippen LogP contribution is 2.13. The molecular weight excluding hydrogens is 280 g/mol. The fraction of sp³-hybridized carbons (Fsp3) is 0.278. The summed E-state index contributed by atoms with van der Waals surface area (Å²) in [6.45, 7) is 1.81. The number of carbonyl (C=O) groups excluding carboxylic acids is 1. The van der Waals surface area contributed by atoms with Crippen molar-refractivity contribution in [3.63, 3.8) is 0 Å². The minimum absolute atomic E-state index is 0.234. The summed E-state index contributed by atoms with van der Waals surface area (Å²) in [7, 11) is 1.64. The van der Waals surface area contributed by atoms with E-state index in [0.717, 1.165) is 11.1 Å². The molecule has 4 heteroatoms. The first-order valence-electron chi connectivity index (χ1n) is 7.17. The van der Waals surface area contributed by atoms with Crippen LogP contribution in [0.25, 0.3) is 0 Å². The number of methoxy groups -OCH3 is 1. The standard InChI is InChI=1S/C18H20O4/c1-20-11-12-21-13-16-9-5-6-10-17(16)14-22-18(19)15-7-3-2-4-8-15/h2-10H,11-14H2,1H3. The van der Waals surface area contributed by atoms with Gasteiger partial charge < -0.3 is 14.2 Å². The number of hydrogen-bond acceptors (Lipinski definition) is 4. The lowest BCUT2D eigenvalue weighted by atomic mass is 10.1. The van der Waals surface area contributed by atoms with E-state index in [1.807, 2.05) is 42.5 Å². The Hall–Kier alpha value is -2.17. The van der Waals surface area contributed by atoms with Crippen LogP contribution in [0.1, 0.15) is 21.5 Å². The number of benzene rings is 2. The van der Waals surface area contributed by atoms with Gasteiger partial charge in [-0.15, -0.1) is 0 Å². The van der Waals surface area contributed by atoms with E-state index in [9.17, 15) is 4.79 Å². The van der Waals surface area contributed by atoms with Crippen LogP contribution in [-0.2, 0) is 27.4 Å². The Kier molecular flexibility index (Phi) is 6.61. The van der Waals surface area contributed by atoms with Crippen LogP contribution in [0.5, 0.6) is 0 Å². The third-order valence-corrected chi connectivity index (χ3v) is 3.18. The number of rotatable bonds is 8. The molecule has 0 radical (unpaired) electrons. The van der Waals surface area contributed by atoms with E-state index in [1.54, 1.807) is 19.2 Å². The Morgan fingerprint density at radius 2 is 1.50 bits per heavy atom. The number of hydrogen-bond donors (Lipinski definition) is 0. The van der Waals surface area contributed by atoms with Crippen molar-refractivity contribution in [1.82, 2.24) is 0 Å². The molecule has 0 atom stereocenters. The van der Waals surface area contributed by atoms with Gasteiger partial charge in [0.25, 0.3) is 0 Å². The molecule has 0 fully saturated rings. The summed E-state index contributed by atoms with van der Waals surface area (Å²) in [6, 6.07) is 16.7. The molecule has 0 aromatic heterocycles. The van der Waals surface area contributed by atoms with Gasteiger partial charge in [0.2, 0.25) is 0 Å². The van der Waals surface area contributed by atoms with Crippen LogP contribution in [-0.4, -0.2) is 26.3 Å². The van der Waals surface area contributed by atoms with Crippen molar-refractivity contribution in [3.05, 3.63) is 71.3 Å². The molecule has 2 aromatic rings. The second-order valence-electron chi connectivity index (χ2n) is 4.76. The van der Waals surface area contributed by atoms with Crippen molar-refractivity contribution in [3.8, 4) is 0 Å². The maximum absolute atomic E-state index is 12.0. The van der Waals surface area contributed by atoms with Gasteiger partial charge in [-0.25, -0.2) is 4.79 Å². The first-order valence-corrected chi connectivity index (χ1v) is 7.17. The summed E-state index contributed by atoms with van der Waals surface area (Å²) in [5, 5.41) is 0. The van der Waals surface area contributed by atoms with E-state index in [-0.39, 0.29) is 12.6 Å². The Morgan fingerprint density at radius 3 is 2.18 bits per heavy atom. The zero-order chi connectivity index (χ0) is 15.6. The average Bonchev–Trinajstić information content (AvgIpc) is 2.58. The molecule has 0 heterocycles. The van der Waals surface area contributed by atoms with E-state index >= 15 is 0 Å². The van der Waals surface area contributed by atoms with Crippen molar-refractivity contribution >= 4 is 5.97 Å². The van der Waals surface area contributed by atoms with E-state index < -0.39 is 0 Å². The predicted octanol–water partition coefficient (Wildman–Crippen LogP) is 3.21. The second-order valence-corrected chi connectivity index (χ2v) is 4.76. The molecule has 0 aliphatic rings. The normalized spacial score (nSPS) is 10.4. The minimum atomic E-state index is -0.323. The first-order chi connectivity index (χ1) is 10.8. The molecule has 0 spiro atoms. The fourth-order valence-corrected chi connectivity index (χ4v) is 1.96. The number of carbonyl (C=O) groups is 1. The van der Waals surface area contributed by atoms with Gasteiger partial charge in [-0.05, 0) is 23.3 Å². The van der Waals surface area contributed by atoms with Crippen molar-refractivity contribution in [2.45, 2.75) is 13.2 Å². The van der Waals surface area contributed by atoms with Crippen molar-refractivity contribution < 1.29 is 19.0 Å². The zero-order valence-corrected chi connectivity index (χ0v) is 12.7. The number of esters is 1. The van der Waals surface area contributed by atoms with E-state index in [2.05, 4.69) is 0 Å². The molecule has 0 unspecified atom stereocenters. The molecule has 22 heavy (non-hydrogen) atoms. The molecule has 2 rings (SSSR count). The largest absolute Gasteiger partial charge is 0.457 e. The lowest BCUT2D eigenvalue weighted by Gasteiger charge is -2.11. The van der Waals surface area contributed by atoms with Crippen molar-refractivity contribution in [1.29, 1.82) is 0 Å². The summed E-state index contributed by atoms with van der Waals surface area (Å²) in [4.78, 5) is 12.0. The minimum Gasteiger partial charge on any atom is -0.457 e. The Balaban J connectivity index is 1.91. The first kappa shape index (κ1) is 16.2. The maximum atomic E-state index is 12.0. The van der Waals surface area contributed by atoms with Crippen LogP contribution in [0.2, 0.25) is 0 Å². The molecule has 116 valence electrons. The monoisotopic (exact) mass is 300 g/mol. The summed E-state index contributed by atoms with van der Waals surface area (Å²) in [5.41, 5.74) is 2.51. The predicted molar refractivity (Wildman–Crippen MR) is 83.5 cm³/mol. The third-order valence-electron chi connectivity index (χ3n) is 3.18. The molecule has 0 saturated heterocycles. The molecule has 0 N–H and O–H groups in total. The van der Waals surface area contributed by atoms with Crippen LogP contribution in [0, 0.1) is 0 Å². The van der Waals surface area contributed by atoms with Crippen LogP contribution in [0.4, 0.5) is 0 Å². The van der Waals surface area contributed by atoms with Gasteiger partial charge in [0.15, 0.2) is 0 Å². The topological polar surface area (TPSA) is 44.8 Å². The van der Waals surface area contributed by atoms with Gasteiger partial charge >= 0.3 is 5.97 Å². The van der Waals surface area contributed by atoms with Gasteiger partial charge in [-0.2, -0.15) is 0 Å². The lowest BCUT2D eigenvalue weighted by Crippen LogP contribution is -2.08. The highest BCUT2D eigenvalue weighted by atomic mass is 16.5. The summed E-state index contributed by atoms with van der Waals surface area (Å²) < 4.78 is 15.8. The van der Waals surface area contributed by atoms with E-state index in [0.29, 0.717) is 25.4 Å². The second kappa shape index (κ2) is 8.97. The molecular formula is C18H20O4. The summed E-state index contributed by atoms with van der Waals surface area (Å²) >= 11 is 0. The molecule has 4 nitrogen and oxygen atoms in total. The fourth-order valence-electron chi connectivity index (χ4n) is 1.96. The van der Waals surface area contributed by atoms with E-state index in [4.69, 9.17) is 14.2 Å². The van der Waals surface area contributed by atoms with Gasteiger partial charge in [-0.1, -0.05) is 42.5 Å². The highest BCUT2D eigenvalue weighted by molar-refractivity contribution is 5.89. The molecule has 0 bridgehead atoms. The maximum Gasteiger partial charge on any atom is 0.338 e. The third kappa shape index (κ3) is 4.98. The highest BCUT2D eigenvalue weighted by Gasteiger charge is 2.08. The SMILES string of the molecule is COCCOCc1ccccc1COC(=O)c1ccccc1. The smallest absolute Gasteiger partial charge is 0.338 e. The molecule has 0 aliphatic heterocycles. The van der Waals surface area contributed by atoms with Crippen LogP contribution in [0.3, 0.4) is 0 Å². The molecule has 0 saturated carbocycles. The van der Waals surface area contributed by atoms with Crippen LogP contribution in [0.15, 0.2) is 54.6 Å². The number of ether oxygens (including phenoxy) is 3. The van der Waals surface area contributed by atoms with Gasteiger partial charge in [0.05, 0.1) is 25.4 Å². The Morgan fingerprint density at radius 1 is 0.864 bits per heavy atom. The van der Waals surface area contributed by atoms with Crippen molar-refractivity contribution in [2.75, 3.05) is 20.3 Å². The van der Waals surface area contributed by atoms with Gasteiger partial charge in [-0.3, -0.25) is 0 Å². The van der Waals surface area contributed by atoms with Gasteiger partial charge in [0.1, 0.15) is 6.61 Å². The summed E-state index contributed by atoms with van der Waals surface area (Å²) in [6.07, 6.45) is 0. The molecule has 0 aliphatic carbocycles. The summed E-state index contributed by atoms with van der Waals surface area (Å²) in [5.74, 6) is -0.323. The Labute approximate surface area is 130 Å². The average molecular weight is 300 g/mol. The van der Waals surface area contributed by atoms with Crippen LogP contribution >= 0.6 is 0 Å². The van der Waals surface area contributed by atoms with Gasteiger partial charge in [0, 0.05) is 7.11 Å². The van der Waals surface area contributed by atoms with Crippen molar-refractivity contribution in [2.24, 2.45) is 0 Å². The quantitative estimate of drug-likeness (QED) is 0.555. The molecule has 2 aromatic carbocycles. The van der Waals surface area contributed by atoms with Crippen LogP contribution < -0.4 is 0 Å². The zero-order valence-electron chi connectivity index (χ0n) is 12.7. The lowest BCUT2D eigenvalue weighted by molar-refractivity contribution is 0.0457. The molecule has 0 amide bonds.